The van der Waals surface area contributed by atoms with Crippen molar-refractivity contribution in [2.75, 3.05) is 5.88 Å². The lowest BCUT2D eigenvalue weighted by atomic mass is 10.1. The molecule has 0 saturated carbocycles. The van der Waals surface area contributed by atoms with Crippen molar-refractivity contribution >= 4 is 27.5 Å². The molecule has 4 heteroatoms. The van der Waals surface area contributed by atoms with E-state index < -0.39 is 0 Å². The monoisotopic (exact) mass is 264 g/mol. The Morgan fingerprint density at radius 3 is 2.92 bits per heavy atom. The van der Waals surface area contributed by atoms with Crippen molar-refractivity contribution in [2.24, 2.45) is 5.92 Å². The van der Waals surface area contributed by atoms with Gasteiger partial charge in [0.25, 0.3) is 0 Å². The van der Waals surface area contributed by atoms with Crippen molar-refractivity contribution in [1.29, 1.82) is 0 Å². The molecule has 0 radical (unpaired) electrons. The highest BCUT2D eigenvalue weighted by Crippen LogP contribution is 2.19. The molecule has 2 nitrogen and oxygen atoms in total. The minimum Gasteiger partial charge on any atom is -0.269 e. The fourth-order valence-corrected chi connectivity index (χ4v) is 1.82. The predicted octanol–water partition coefficient (Wildman–Crippen LogP) is 3.08. The molecule has 0 amide bonds. The van der Waals surface area contributed by atoms with Crippen LogP contribution < -0.4 is 0 Å². The summed E-state index contributed by atoms with van der Waals surface area (Å²) in [6.07, 6.45) is 2.83. The molecule has 0 aromatic carbocycles. The Balaban J connectivity index is 2.79. The summed E-state index contributed by atoms with van der Waals surface area (Å²) >= 11 is 9.26. The molecule has 1 rings (SSSR count). The number of nitrogens with zero attached hydrogens (tertiary/aromatic N) is 2. The average Bonchev–Trinajstić information content (AvgIpc) is 2.48. The van der Waals surface area contributed by atoms with E-state index in [2.05, 4.69) is 34.9 Å². The summed E-state index contributed by atoms with van der Waals surface area (Å²) in [4.78, 5) is 0. The smallest absolute Gasteiger partial charge is 0.0635 e. The number of aryl methyl sites for hydroxylation is 1. The lowest BCUT2D eigenvalue weighted by molar-refractivity contribution is 0.564. The van der Waals surface area contributed by atoms with Crippen molar-refractivity contribution in [1.82, 2.24) is 9.78 Å². The second kappa shape index (κ2) is 5.01. The number of halogens is 2. The van der Waals surface area contributed by atoms with E-state index in [0.29, 0.717) is 11.8 Å². The number of rotatable bonds is 4. The van der Waals surface area contributed by atoms with Gasteiger partial charge in [-0.3, -0.25) is 4.68 Å². The van der Waals surface area contributed by atoms with Crippen LogP contribution >= 0.6 is 27.5 Å². The Kier molecular flexibility index (Phi) is 4.26. The van der Waals surface area contributed by atoms with Crippen molar-refractivity contribution in [2.45, 2.75) is 26.8 Å². The van der Waals surface area contributed by atoms with Crippen LogP contribution in [0.25, 0.3) is 0 Å². The Bertz CT molecular complexity index is 273. The first-order valence-corrected chi connectivity index (χ1v) is 5.77. The summed E-state index contributed by atoms with van der Waals surface area (Å²) < 4.78 is 3.10. The van der Waals surface area contributed by atoms with Gasteiger partial charge in [0.2, 0.25) is 0 Å². The van der Waals surface area contributed by atoms with Gasteiger partial charge in [0.1, 0.15) is 0 Å². The Hall–Kier alpha value is -0.0200. The first kappa shape index (κ1) is 11.1. The molecule has 0 aliphatic heterocycles. The third-order valence-corrected chi connectivity index (χ3v) is 3.19. The minimum absolute atomic E-state index is 0.500. The molecule has 1 heterocycles. The molecule has 0 aliphatic rings. The van der Waals surface area contributed by atoms with Gasteiger partial charge in [-0.1, -0.05) is 6.92 Å². The van der Waals surface area contributed by atoms with Gasteiger partial charge in [-0.05, 0) is 35.2 Å². The highest BCUT2D eigenvalue weighted by Gasteiger charge is 2.10. The molecule has 0 fully saturated rings. The summed E-state index contributed by atoms with van der Waals surface area (Å²) in [5.41, 5.74) is 1.25. The van der Waals surface area contributed by atoms with Crippen molar-refractivity contribution in [3.8, 4) is 0 Å². The molecule has 0 aliphatic carbocycles. The summed E-state index contributed by atoms with van der Waals surface area (Å²) in [6.45, 7) is 5.15. The molecule has 1 aromatic heterocycles. The maximum absolute atomic E-state index is 5.77. The number of hydrogen-bond donors (Lipinski definition) is 0. The maximum Gasteiger partial charge on any atom is 0.0635 e. The highest BCUT2D eigenvalue weighted by molar-refractivity contribution is 9.10. The van der Waals surface area contributed by atoms with E-state index in [9.17, 15) is 0 Å². The molecular formula is C9H14BrClN2. The van der Waals surface area contributed by atoms with Crippen LogP contribution in [-0.4, -0.2) is 15.7 Å². The number of aromatic nitrogens is 2. The SMILES string of the molecule is CCn1ncc(Br)c1CC(C)CCl. The predicted molar refractivity (Wildman–Crippen MR) is 59.2 cm³/mol. The zero-order valence-electron chi connectivity index (χ0n) is 7.93. The molecule has 0 saturated heterocycles. The maximum atomic E-state index is 5.77. The van der Waals surface area contributed by atoms with Crippen LogP contribution in [0.4, 0.5) is 0 Å². The largest absolute Gasteiger partial charge is 0.269 e. The lowest BCUT2D eigenvalue weighted by Crippen LogP contribution is -2.08. The molecule has 0 bridgehead atoms. The summed E-state index contributed by atoms with van der Waals surface area (Å²) in [7, 11) is 0. The second-order valence-electron chi connectivity index (χ2n) is 3.22. The van der Waals surface area contributed by atoms with Gasteiger partial charge in [0, 0.05) is 12.4 Å². The van der Waals surface area contributed by atoms with Gasteiger partial charge in [-0.2, -0.15) is 5.10 Å². The van der Waals surface area contributed by atoms with Gasteiger partial charge in [0.05, 0.1) is 16.4 Å². The average molecular weight is 266 g/mol. The third kappa shape index (κ3) is 2.71. The molecule has 0 N–H and O–H groups in total. The minimum atomic E-state index is 0.500. The summed E-state index contributed by atoms with van der Waals surface area (Å²) in [5.74, 6) is 1.20. The van der Waals surface area contributed by atoms with Gasteiger partial charge >= 0.3 is 0 Å². The van der Waals surface area contributed by atoms with E-state index in [4.69, 9.17) is 11.6 Å². The fourth-order valence-electron chi connectivity index (χ4n) is 1.25. The highest BCUT2D eigenvalue weighted by atomic mass is 79.9. The van der Waals surface area contributed by atoms with Crippen molar-refractivity contribution in [3.05, 3.63) is 16.4 Å². The first-order valence-electron chi connectivity index (χ1n) is 4.45. The van der Waals surface area contributed by atoms with Crippen LogP contribution in [0.15, 0.2) is 10.7 Å². The molecule has 1 aromatic rings. The summed E-state index contributed by atoms with van der Waals surface area (Å²) in [5, 5.41) is 4.25. The standard InChI is InChI=1S/C9H14BrClN2/c1-3-13-9(4-7(2)5-11)8(10)6-12-13/h6-7H,3-5H2,1-2H3. The van der Waals surface area contributed by atoms with Gasteiger partial charge in [0.15, 0.2) is 0 Å². The van der Waals surface area contributed by atoms with Crippen LogP contribution in [0.3, 0.4) is 0 Å². The Morgan fingerprint density at radius 2 is 2.38 bits per heavy atom. The van der Waals surface area contributed by atoms with Gasteiger partial charge in [-0.15, -0.1) is 11.6 Å². The van der Waals surface area contributed by atoms with E-state index in [0.717, 1.165) is 17.4 Å². The topological polar surface area (TPSA) is 17.8 Å². The van der Waals surface area contributed by atoms with Crippen LogP contribution in [0, 0.1) is 5.92 Å². The quantitative estimate of drug-likeness (QED) is 0.765. The van der Waals surface area contributed by atoms with Crippen molar-refractivity contribution < 1.29 is 0 Å². The zero-order chi connectivity index (χ0) is 9.84. The van der Waals surface area contributed by atoms with E-state index in [1.165, 1.54) is 5.69 Å². The van der Waals surface area contributed by atoms with Gasteiger partial charge in [-0.25, -0.2) is 0 Å². The fraction of sp³-hybridized carbons (Fsp3) is 0.667. The molecule has 1 unspecified atom stereocenters. The third-order valence-electron chi connectivity index (χ3n) is 2.00. The normalized spacial score (nSPS) is 13.2. The second-order valence-corrected chi connectivity index (χ2v) is 4.38. The summed E-state index contributed by atoms with van der Waals surface area (Å²) in [6, 6.07) is 0. The molecule has 0 spiro atoms. The van der Waals surface area contributed by atoms with E-state index in [1.807, 2.05) is 10.9 Å². The number of alkyl halides is 1. The molecule has 1 atom stereocenters. The molecule has 13 heavy (non-hydrogen) atoms. The zero-order valence-corrected chi connectivity index (χ0v) is 10.3. The number of hydrogen-bond acceptors (Lipinski definition) is 1. The van der Waals surface area contributed by atoms with Crippen LogP contribution in [0.1, 0.15) is 19.5 Å². The van der Waals surface area contributed by atoms with E-state index in [1.54, 1.807) is 0 Å². The van der Waals surface area contributed by atoms with Gasteiger partial charge < -0.3 is 0 Å². The Labute approximate surface area is 92.4 Å². The first-order chi connectivity index (χ1) is 6.19. The lowest BCUT2D eigenvalue weighted by Gasteiger charge is -2.09. The van der Waals surface area contributed by atoms with Crippen LogP contribution in [0.5, 0.6) is 0 Å². The van der Waals surface area contributed by atoms with E-state index >= 15 is 0 Å². The Morgan fingerprint density at radius 1 is 1.69 bits per heavy atom. The van der Waals surface area contributed by atoms with Crippen LogP contribution in [-0.2, 0) is 13.0 Å². The van der Waals surface area contributed by atoms with Crippen molar-refractivity contribution in [3.63, 3.8) is 0 Å². The molecular weight excluding hydrogens is 251 g/mol. The van der Waals surface area contributed by atoms with Crippen LogP contribution in [0.2, 0.25) is 0 Å². The van der Waals surface area contributed by atoms with E-state index in [-0.39, 0.29) is 0 Å². The molecule has 74 valence electrons.